The fourth-order valence-corrected chi connectivity index (χ4v) is 3.16. The highest BCUT2D eigenvalue weighted by Gasteiger charge is 2.22. The SMILES string of the molecule is C#C.C=CCCn1cc(C#C[C@H](O)c2cc(C)on2)c2c(C(=O)OCC)c(C)[nH]c2c1=O. The topological polar surface area (TPSA) is 110 Å². The van der Waals surface area contributed by atoms with E-state index in [9.17, 15) is 14.7 Å². The molecule has 3 rings (SSSR count). The van der Waals surface area contributed by atoms with Gasteiger partial charge in [-0.05, 0) is 27.2 Å². The molecule has 166 valence electrons. The number of nitrogens with one attached hydrogen (secondary N) is 1. The summed E-state index contributed by atoms with van der Waals surface area (Å²) in [6, 6.07) is 1.59. The number of terminal acetylenes is 1. The third kappa shape index (κ3) is 5.00. The first-order chi connectivity index (χ1) is 15.4. The van der Waals surface area contributed by atoms with Crippen molar-refractivity contribution < 1.29 is 19.2 Å². The first kappa shape index (κ1) is 24.3. The Morgan fingerprint density at radius 3 is 2.78 bits per heavy atom. The number of aromatic amines is 1. The highest BCUT2D eigenvalue weighted by atomic mass is 16.5. The Morgan fingerprint density at radius 1 is 1.47 bits per heavy atom. The zero-order chi connectivity index (χ0) is 23.8. The summed E-state index contributed by atoms with van der Waals surface area (Å²) in [5.41, 5.74) is 1.46. The molecular weight excluding hydrogens is 410 g/mol. The molecule has 3 heterocycles. The smallest absolute Gasteiger partial charge is 0.340 e. The van der Waals surface area contributed by atoms with Crippen molar-refractivity contribution in [2.24, 2.45) is 0 Å². The number of H-pyrrole nitrogens is 1. The Bertz CT molecular complexity index is 1260. The quantitative estimate of drug-likeness (QED) is 0.350. The maximum Gasteiger partial charge on any atom is 0.340 e. The number of carbonyl (C=O) groups excluding carboxylic acids is 1. The second-order valence-electron chi connectivity index (χ2n) is 6.75. The summed E-state index contributed by atoms with van der Waals surface area (Å²) >= 11 is 0. The summed E-state index contributed by atoms with van der Waals surface area (Å²) in [6.07, 6.45) is 10.7. The zero-order valence-electron chi connectivity index (χ0n) is 18.3. The van der Waals surface area contributed by atoms with Crippen LogP contribution >= 0.6 is 0 Å². The van der Waals surface area contributed by atoms with Gasteiger partial charge in [-0.2, -0.15) is 0 Å². The molecule has 3 aromatic rings. The second-order valence-corrected chi connectivity index (χ2v) is 6.75. The molecule has 0 aliphatic rings. The van der Waals surface area contributed by atoms with Gasteiger partial charge in [-0.15, -0.1) is 19.4 Å². The highest BCUT2D eigenvalue weighted by Crippen LogP contribution is 2.25. The van der Waals surface area contributed by atoms with Gasteiger partial charge in [0.2, 0.25) is 0 Å². The second kappa shape index (κ2) is 10.9. The Kier molecular flexibility index (Phi) is 8.23. The molecule has 0 fully saturated rings. The molecule has 0 unspecified atom stereocenters. The van der Waals surface area contributed by atoms with E-state index in [0.29, 0.717) is 35.4 Å². The predicted octanol–water partition coefficient (Wildman–Crippen LogP) is 3.02. The number of aliphatic hydroxyl groups excluding tert-OH is 1. The molecule has 0 aliphatic carbocycles. The molecule has 0 saturated heterocycles. The van der Waals surface area contributed by atoms with Crippen molar-refractivity contribution in [2.45, 2.75) is 39.8 Å². The molecule has 0 bridgehead atoms. The summed E-state index contributed by atoms with van der Waals surface area (Å²) in [5, 5.41) is 14.5. The van der Waals surface area contributed by atoms with Crippen LogP contribution in [0.4, 0.5) is 0 Å². The average Bonchev–Trinajstić information content (AvgIpc) is 3.37. The van der Waals surface area contributed by atoms with Gasteiger partial charge in [0.1, 0.15) is 17.0 Å². The number of hydrogen-bond acceptors (Lipinski definition) is 6. The number of ether oxygens (including phenoxy) is 1. The lowest BCUT2D eigenvalue weighted by Crippen LogP contribution is -2.21. The van der Waals surface area contributed by atoms with Gasteiger partial charge in [-0.1, -0.05) is 23.1 Å². The van der Waals surface area contributed by atoms with Gasteiger partial charge in [0, 0.05) is 29.9 Å². The standard InChI is InChI=1S/C22H23N3O5.C2H2/c1-5-7-10-25-12-15(8-9-17(26)16-11-13(3)30-24-16)19-18(22(28)29-6-2)14(4)23-20(19)21(25)27;1-2/h5,11-12,17,23,26H,1,6-7,10H2,2-4H3;1-2H/t17-;/m0./s1. The lowest BCUT2D eigenvalue weighted by Gasteiger charge is -2.08. The summed E-state index contributed by atoms with van der Waals surface area (Å²) in [6.45, 7) is 9.41. The van der Waals surface area contributed by atoms with Gasteiger partial charge in [0.05, 0.1) is 17.7 Å². The van der Waals surface area contributed by atoms with Gasteiger partial charge in [-0.25, -0.2) is 4.79 Å². The van der Waals surface area contributed by atoms with Gasteiger partial charge in [0.15, 0.2) is 6.10 Å². The molecule has 0 radical (unpaired) electrons. The normalized spacial score (nSPS) is 11.1. The molecule has 2 N–H and O–H groups in total. The fraction of sp³-hybridized carbons (Fsp3) is 0.292. The predicted molar refractivity (Wildman–Crippen MR) is 121 cm³/mol. The van der Waals surface area contributed by atoms with Gasteiger partial charge < -0.3 is 23.9 Å². The van der Waals surface area contributed by atoms with E-state index in [1.165, 1.54) is 4.57 Å². The van der Waals surface area contributed by atoms with Crippen LogP contribution in [0.2, 0.25) is 0 Å². The number of aliphatic hydroxyl groups is 1. The number of esters is 1. The first-order valence-electron chi connectivity index (χ1n) is 9.87. The van der Waals surface area contributed by atoms with Gasteiger partial charge in [0.25, 0.3) is 5.56 Å². The van der Waals surface area contributed by atoms with Crippen LogP contribution < -0.4 is 5.56 Å². The molecule has 32 heavy (non-hydrogen) atoms. The maximum atomic E-state index is 12.9. The number of carbonyl (C=O) groups is 1. The van der Waals surface area contributed by atoms with Crippen LogP contribution in [0.1, 0.15) is 52.5 Å². The van der Waals surface area contributed by atoms with E-state index in [1.807, 2.05) is 0 Å². The number of aromatic nitrogens is 3. The molecular formula is C24H25N3O5. The number of aryl methyl sites for hydroxylation is 3. The summed E-state index contributed by atoms with van der Waals surface area (Å²) in [4.78, 5) is 28.5. The van der Waals surface area contributed by atoms with E-state index in [-0.39, 0.29) is 28.9 Å². The van der Waals surface area contributed by atoms with E-state index in [1.54, 1.807) is 39.1 Å². The average molecular weight is 435 g/mol. The molecule has 0 aromatic carbocycles. The molecule has 3 aromatic heterocycles. The number of rotatable bonds is 6. The van der Waals surface area contributed by atoms with E-state index >= 15 is 0 Å². The van der Waals surface area contributed by atoms with E-state index in [4.69, 9.17) is 9.26 Å². The Morgan fingerprint density at radius 2 is 2.19 bits per heavy atom. The minimum Gasteiger partial charge on any atom is -0.462 e. The van der Waals surface area contributed by atoms with Crippen LogP contribution in [-0.2, 0) is 11.3 Å². The zero-order valence-corrected chi connectivity index (χ0v) is 18.3. The van der Waals surface area contributed by atoms with Crippen LogP contribution in [0, 0.1) is 38.5 Å². The van der Waals surface area contributed by atoms with Crippen molar-refractivity contribution >= 4 is 16.9 Å². The number of pyridine rings is 1. The molecule has 0 amide bonds. The van der Waals surface area contributed by atoms with E-state index in [2.05, 4.69) is 41.4 Å². The summed E-state index contributed by atoms with van der Waals surface area (Å²) in [5.74, 6) is 5.62. The number of fused-ring (bicyclic) bond motifs is 1. The third-order valence-corrected chi connectivity index (χ3v) is 4.54. The monoisotopic (exact) mass is 435 g/mol. The lowest BCUT2D eigenvalue weighted by molar-refractivity contribution is 0.0528. The minimum absolute atomic E-state index is 0.201. The fourth-order valence-electron chi connectivity index (χ4n) is 3.16. The van der Waals surface area contributed by atoms with E-state index < -0.39 is 12.1 Å². The highest BCUT2D eigenvalue weighted by molar-refractivity contribution is 6.07. The van der Waals surface area contributed by atoms with Crippen molar-refractivity contribution in [3.05, 3.63) is 63.5 Å². The largest absolute Gasteiger partial charge is 0.462 e. The van der Waals surface area contributed by atoms with Crippen LogP contribution in [0.3, 0.4) is 0 Å². The van der Waals surface area contributed by atoms with E-state index in [0.717, 1.165) is 0 Å². The van der Waals surface area contributed by atoms with Crippen LogP contribution in [0.25, 0.3) is 10.9 Å². The summed E-state index contributed by atoms with van der Waals surface area (Å²) < 4.78 is 11.6. The minimum atomic E-state index is -1.18. The van der Waals surface area contributed by atoms with Crippen LogP contribution in [0.5, 0.6) is 0 Å². The van der Waals surface area contributed by atoms with Crippen molar-refractivity contribution in [1.82, 2.24) is 14.7 Å². The molecule has 8 nitrogen and oxygen atoms in total. The number of nitrogens with zero attached hydrogens (tertiary/aromatic N) is 2. The number of hydrogen-bond donors (Lipinski definition) is 2. The molecule has 0 spiro atoms. The van der Waals surface area contributed by atoms with Crippen LogP contribution in [-0.4, -0.2) is 32.4 Å². The molecule has 0 saturated carbocycles. The molecule has 0 aliphatic heterocycles. The Labute approximate surface area is 185 Å². The number of allylic oxidation sites excluding steroid dienone is 1. The van der Waals surface area contributed by atoms with Gasteiger partial charge >= 0.3 is 5.97 Å². The first-order valence-corrected chi connectivity index (χ1v) is 9.87. The van der Waals surface area contributed by atoms with Crippen molar-refractivity contribution in [1.29, 1.82) is 0 Å². The van der Waals surface area contributed by atoms with Crippen molar-refractivity contribution in [2.75, 3.05) is 6.61 Å². The summed E-state index contributed by atoms with van der Waals surface area (Å²) in [7, 11) is 0. The van der Waals surface area contributed by atoms with Crippen molar-refractivity contribution in [3.63, 3.8) is 0 Å². The maximum absolute atomic E-state index is 12.9. The van der Waals surface area contributed by atoms with Crippen LogP contribution in [0.15, 0.2) is 34.2 Å². The third-order valence-electron chi connectivity index (χ3n) is 4.54. The van der Waals surface area contributed by atoms with Crippen molar-refractivity contribution in [3.8, 4) is 24.7 Å². The lowest BCUT2D eigenvalue weighted by atomic mass is 10.1. The van der Waals surface area contributed by atoms with Gasteiger partial charge in [-0.3, -0.25) is 4.79 Å². The Hall–Kier alpha value is -4.01. The molecule has 1 atom stereocenters. The molecule has 8 heteroatoms. The Balaban J connectivity index is 0.00000176.